The van der Waals surface area contributed by atoms with Crippen LogP contribution in [0.3, 0.4) is 0 Å². The fraction of sp³-hybridized carbons (Fsp3) is 0.214. The Balaban J connectivity index is 2.41. The van der Waals surface area contributed by atoms with E-state index in [1.165, 1.54) is 6.08 Å². The lowest BCUT2D eigenvalue weighted by atomic mass is 9.81. The van der Waals surface area contributed by atoms with Crippen molar-refractivity contribution in [3.63, 3.8) is 0 Å². The molecular weight excluding hydrogens is 216 g/mol. The Morgan fingerprint density at radius 2 is 1.65 bits per heavy atom. The van der Waals surface area contributed by atoms with Gasteiger partial charge in [0.25, 0.3) is 0 Å². The topological polar surface area (TPSA) is 51.2 Å². The predicted molar refractivity (Wildman–Crippen MR) is 63.0 cm³/mol. The third-order valence-corrected chi connectivity index (χ3v) is 3.16. The summed E-state index contributed by atoms with van der Waals surface area (Å²) in [6, 6.07) is 6.84. The first-order valence-corrected chi connectivity index (χ1v) is 5.40. The van der Waals surface area contributed by atoms with Crippen molar-refractivity contribution in [2.45, 2.75) is 13.3 Å². The summed E-state index contributed by atoms with van der Waals surface area (Å²) in [4.78, 5) is 34.6. The van der Waals surface area contributed by atoms with Crippen LogP contribution in [0.1, 0.15) is 34.1 Å². The van der Waals surface area contributed by atoms with E-state index in [4.69, 9.17) is 0 Å². The number of fused-ring (bicyclic) bond motifs is 1. The number of ketones is 2. The number of hydrogen-bond acceptors (Lipinski definition) is 3. The minimum absolute atomic E-state index is 0.159. The molecule has 0 amide bonds. The van der Waals surface area contributed by atoms with Gasteiger partial charge < -0.3 is 0 Å². The summed E-state index contributed by atoms with van der Waals surface area (Å²) in [5.74, 6) is -0.317. The van der Waals surface area contributed by atoms with E-state index in [0.717, 1.165) is 0 Å². The number of aldehydes is 1. The molecule has 0 aromatic heterocycles. The minimum Gasteiger partial charge on any atom is -0.299 e. The molecule has 1 aromatic carbocycles. The molecule has 0 radical (unpaired) electrons. The summed E-state index contributed by atoms with van der Waals surface area (Å²) in [6.07, 6.45) is 3.78. The highest BCUT2D eigenvalue weighted by Crippen LogP contribution is 2.39. The zero-order valence-corrected chi connectivity index (χ0v) is 9.47. The van der Waals surface area contributed by atoms with Crippen molar-refractivity contribution in [2.75, 3.05) is 0 Å². The Bertz CT molecular complexity index is 491. The van der Waals surface area contributed by atoms with Crippen LogP contribution in [0.25, 0.3) is 0 Å². The normalized spacial score (nSPS) is 17.5. The molecule has 0 aliphatic heterocycles. The van der Waals surface area contributed by atoms with Gasteiger partial charge in [-0.3, -0.25) is 14.4 Å². The molecule has 0 saturated heterocycles. The zero-order chi connectivity index (χ0) is 12.5. The minimum atomic E-state index is -1.05. The summed E-state index contributed by atoms with van der Waals surface area (Å²) < 4.78 is 0. The SMILES string of the molecule is CC1(C/C=C/C=O)C(=O)c2ccccc2C1=O. The van der Waals surface area contributed by atoms with Crippen molar-refractivity contribution in [3.8, 4) is 0 Å². The molecule has 3 nitrogen and oxygen atoms in total. The first-order chi connectivity index (χ1) is 8.11. The molecule has 0 unspecified atom stereocenters. The van der Waals surface area contributed by atoms with Crippen LogP contribution in [-0.2, 0) is 4.79 Å². The number of benzene rings is 1. The summed E-state index contributed by atoms with van der Waals surface area (Å²) in [5.41, 5.74) is -0.0811. The van der Waals surface area contributed by atoms with Crippen LogP contribution in [0, 0.1) is 5.41 Å². The van der Waals surface area contributed by atoms with Gasteiger partial charge in [0.15, 0.2) is 11.6 Å². The van der Waals surface area contributed by atoms with Gasteiger partial charge in [-0.2, -0.15) is 0 Å². The van der Waals surface area contributed by atoms with Gasteiger partial charge >= 0.3 is 0 Å². The van der Waals surface area contributed by atoms with Crippen molar-refractivity contribution in [1.82, 2.24) is 0 Å². The van der Waals surface area contributed by atoms with Crippen LogP contribution >= 0.6 is 0 Å². The summed E-state index contributed by atoms with van der Waals surface area (Å²) in [7, 11) is 0. The Labute approximate surface area is 99.1 Å². The fourth-order valence-electron chi connectivity index (χ4n) is 2.12. The van der Waals surface area contributed by atoms with Crippen molar-refractivity contribution in [1.29, 1.82) is 0 Å². The number of rotatable bonds is 3. The smallest absolute Gasteiger partial charge is 0.177 e. The Morgan fingerprint density at radius 3 is 2.12 bits per heavy atom. The van der Waals surface area contributed by atoms with E-state index >= 15 is 0 Å². The second-order valence-electron chi connectivity index (χ2n) is 4.30. The molecule has 0 atom stereocenters. The van der Waals surface area contributed by atoms with E-state index in [-0.39, 0.29) is 18.0 Å². The fourth-order valence-corrected chi connectivity index (χ4v) is 2.12. The third kappa shape index (κ3) is 1.64. The van der Waals surface area contributed by atoms with Gasteiger partial charge in [-0.15, -0.1) is 0 Å². The maximum atomic E-state index is 12.2. The average molecular weight is 228 g/mol. The molecule has 0 bridgehead atoms. The predicted octanol–water partition coefficient (Wildman–Crippen LogP) is 2.22. The van der Waals surface area contributed by atoms with Crippen molar-refractivity contribution < 1.29 is 14.4 Å². The van der Waals surface area contributed by atoms with Gasteiger partial charge in [-0.05, 0) is 19.4 Å². The molecule has 0 N–H and O–H groups in total. The van der Waals surface area contributed by atoms with Gasteiger partial charge in [-0.1, -0.05) is 30.3 Å². The highest BCUT2D eigenvalue weighted by molar-refractivity contribution is 6.29. The van der Waals surface area contributed by atoms with E-state index in [0.29, 0.717) is 17.4 Å². The molecule has 17 heavy (non-hydrogen) atoms. The summed E-state index contributed by atoms with van der Waals surface area (Å²) in [6.45, 7) is 1.63. The third-order valence-electron chi connectivity index (χ3n) is 3.16. The molecule has 1 aliphatic carbocycles. The zero-order valence-electron chi connectivity index (χ0n) is 9.47. The van der Waals surface area contributed by atoms with E-state index in [2.05, 4.69) is 0 Å². The Hall–Kier alpha value is -2.03. The maximum absolute atomic E-state index is 12.2. The number of carbonyl (C=O) groups excluding carboxylic acids is 3. The van der Waals surface area contributed by atoms with Gasteiger partial charge in [0.2, 0.25) is 0 Å². The Morgan fingerprint density at radius 1 is 1.12 bits per heavy atom. The quantitative estimate of drug-likeness (QED) is 0.453. The molecular formula is C14H12O3. The number of hydrogen-bond donors (Lipinski definition) is 0. The molecule has 0 saturated carbocycles. The van der Waals surface area contributed by atoms with Crippen LogP contribution in [0.15, 0.2) is 36.4 Å². The van der Waals surface area contributed by atoms with Crippen molar-refractivity contribution >= 4 is 17.9 Å². The van der Waals surface area contributed by atoms with Crippen LogP contribution < -0.4 is 0 Å². The second-order valence-corrected chi connectivity index (χ2v) is 4.30. The van der Waals surface area contributed by atoms with Gasteiger partial charge in [-0.25, -0.2) is 0 Å². The van der Waals surface area contributed by atoms with E-state index in [9.17, 15) is 14.4 Å². The van der Waals surface area contributed by atoms with Crippen LogP contribution in [-0.4, -0.2) is 17.9 Å². The van der Waals surface area contributed by atoms with E-state index in [1.54, 1.807) is 37.3 Å². The molecule has 2 rings (SSSR count). The molecule has 86 valence electrons. The molecule has 0 heterocycles. The molecule has 1 aromatic rings. The van der Waals surface area contributed by atoms with Gasteiger partial charge in [0.05, 0.1) is 5.41 Å². The van der Waals surface area contributed by atoms with Crippen molar-refractivity contribution in [3.05, 3.63) is 47.5 Å². The van der Waals surface area contributed by atoms with Gasteiger partial charge in [0.1, 0.15) is 6.29 Å². The largest absolute Gasteiger partial charge is 0.299 e. The lowest BCUT2D eigenvalue weighted by Crippen LogP contribution is -2.29. The number of carbonyl (C=O) groups is 3. The number of allylic oxidation sites excluding steroid dienone is 2. The Kier molecular flexibility index (Phi) is 2.76. The lowest BCUT2D eigenvalue weighted by molar-refractivity contribution is -0.104. The lowest BCUT2D eigenvalue weighted by Gasteiger charge is -2.17. The van der Waals surface area contributed by atoms with E-state index in [1.807, 2.05) is 0 Å². The maximum Gasteiger partial charge on any atom is 0.177 e. The molecule has 1 aliphatic rings. The number of Topliss-reactive ketones (excluding diaryl/α,β-unsaturated/α-hetero) is 2. The summed E-state index contributed by atoms with van der Waals surface area (Å²) >= 11 is 0. The van der Waals surface area contributed by atoms with Crippen LogP contribution in [0.4, 0.5) is 0 Å². The second kappa shape index (κ2) is 4.09. The highest BCUT2D eigenvalue weighted by Gasteiger charge is 2.48. The first-order valence-electron chi connectivity index (χ1n) is 5.40. The van der Waals surface area contributed by atoms with Crippen LogP contribution in [0.5, 0.6) is 0 Å². The molecule has 0 spiro atoms. The first kappa shape index (κ1) is 11.5. The summed E-state index contributed by atoms with van der Waals surface area (Å²) in [5, 5.41) is 0. The molecule has 3 heteroatoms. The molecule has 0 fully saturated rings. The monoisotopic (exact) mass is 228 g/mol. The highest BCUT2D eigenvalue weighted by atomic mass is 16.2. The average Bonchev–Trinajstić information content (AvgIpc) is 2.54. The van der Waals surface area contributed by atoms with Gasteiger partial charge in [0, 0.05) is 11.1 Å². The standard InChI is InChI=1S/C14H12O3/c1-14(8-4-5-9-15)12(16)10-6-2-3-7-11(10)13(14)17/h2-7,9H,8H2,1H3/b5-4+. The van der Waals surface area contributed by atoms with Crippen molar-refractivity contribution in [2.24, 2.45) is 5.41 Å². The van der Waals surface area contributed by atoms with Crippen LogP contribution in [0.2, 0.25) is 0 Å². The van der Waals surface area contributed by atoms with E-state index < -0.39 is 5.41 Å².